The van der Waals surface area contributed by atoms with Crippen LogP contribution in [0.15, 0.2) is 18.6 Å². The van der Waals surface area contributed by atoms with E-state index < -0.39 is 6.10 Å². The Bertz CT molecular complexity index is 382. The van der Waals surface area contributed by atoms with E-state index in [0.29, 0.717) is 13.2 Å². The van der Waals surface area contributed by atoms with Crippen molar-refractivity contribution in [3.63, 3.8) is 0 Å². The lowest BCUT2D eigenvalue weighted by molar-refractivity contribution is -0.141. The molecular weight excluding hydrogens is 220 g/mol. The lowest BCUT2D eigenvalue weighted by atomic mass is 10.2. The molecule has 0 aliphatic carbocycles. The quantitative estimate of drug-likeness (QED) is 0.710. The van der Waals surface area contributed by atoms with E-state index in [-0.39, 0.29) is 5.91 Å². The Kier molecular flexibility index (Phi) is 3.53. The second-order valence-electron chi connectivity index (χ2n) is 4.10. The number of amides is 1. The number of anilines is 1. The standard InChI is InChI=1S/C11H16N4O2/c1-14(2)11(16)9-8-15(5-6-17-9)10-7-12-3-4-13-10/h3-4,7,9H,5-6,8H2,1-2H3. The van der Waals surface area contributed by atoms with Gasteiger partial charge in [0, 0.05) is 33.0 Å². The molecule has 2 rings (SSSR count). The topological polar surface area (TPSA) is 58.6 Å². The van der Waals surface area contributed by atoms with Crippen LogP contribution in [-0.2, 0) is 9.53 Å². The van der Waals surface area contributed by atoms with Gasteiger partial charge in [0.15, 0.2) is 6.10 Å². The lowest BCUT2D eigenvalue weighted by Gasteiger charge is -2.33. The van der Waals surface area contributed by atoms with E-state index in [9.17, 15) is 4.79 Å². The zero-order valence-electron chi connectivity index (χ0n) is 10.0. The molecule has 1 atom stereocenters. The first-order valence-corrected chi connectivity index (χ1v) is 5.52. The van der Waals surface area contributed by atoms with Crippen LogP contribution in [0.1, 0.15) is 0 Å². The van der Waals surface area contributed by atoms with E-state index in [2.05, 4.69) is 9.97 Å². The molecular formula is C11H16N4O2. The highest BCUT2D eigenvalue weighted by atomic mass is 16.5. The minimum absolute atomic E-state index is 0.0152. The van der Waals surface area contributed by atoms with Gasteiger partial charge < -0.3 is 14.5 Å². The Labute approximate surface area is 100 Å². The summed E-state index contributed by atoms with van der Waals surface area (Å²) in [5.74, 6) is 0.769. The van der Waals surface area contributed by atoms with Crippen molar-refractivity contribution in [2.75, 3.05) is 38.7 Å². The molecule has 1 saturated heterocycles. The molecule has 92 valence electrons. The number of nitrogens with zero attached hydrogens (tertiary/aromatic N) is 4. The molecule has 1 aliphatic heterocycles. The minimum Gasteiger partial charge on any atom is -0.365 e. The number of hydrogen-bond acceptors (Lipinski definition) is 5. The molecule has 1 unspecified atom stereocenters. The first-order valence-electron chi connectivity index (χ1n) is 5.52. The molecule has 17 heavy (non-hydrogen) atoms. The molecule has 1 aliphatic rings. The van der Waals surface area contributed by atoms with Crippen LogP contribution >= 0.6 is 0 Å². The zero-order chi connectivity index (χ0) is 12.3. The minimum atomic E-state index is -0.416. The Morgan fingerprint density at radius 3 is 3.00 bits per heavy atom. The van der Waals surface area contributed by atoms with Crippen molar-refractivity contribution in [2.45, 2.75) is 6.10 Å². The Morgan fingerprint density at radius 1 is 1.53 bits per heavy atom. The van der Waals surface area contributed by atoms with Crippen molar-refractivity contribution in [3.05, 3.63) is 18.6 Å². The summed E-state index contributed by atoms with van der Waals surface area (Å²) in [6.07, 6.45) is 4.56. The summed E-state index contributed by atoms with van der Waals surface area (Å²) < 4.78 is 5.47. The highest BCUT2D eigenvalue weighted by Gasteiger charge is 2.28. The zero-order valence-corrected chi connectivity index (χ0v) is 10.0. The summed E-state index contributed by atoms with van der Waals surface area (Å²) >= 11 is 0. The van der Waals surface area contributed by atoms with Crippen molar-refractivity contribution in [1.29, 1.82) is 0 Å². The number of likely N-dealkylation sites (N-methyl/N-ethyl adjacent to an activating group) is 1. The van der Waals surface area contributed by atoms with Gasteiger partial charge in [-0.05, 0) is 0 Å². The number of ether oxygens (including phenoxy) is 1. The fraction of sp³-hybridized carbons (Fsp3) is 0.545. The van der Waals surface area contributed by atoms with Crippen LogP contribution in [0.25, 0.3) is 0 Å². The van der Waals surface area contributed by atoms with E-state index in [1.807, 2.05) is 4.90 Å². The molecule has 2 heterocycles. The first-order chi connectivity index (χ1) is 8.18. The summed E-state index contributed by atoms with van der Waals surface area (Å²) in [7, 11) is 3.46. The van der Waals surface area contributed by atoms with Crippen molar-refractivity contribution < 1.29 is 9.53 Å². The number of hydrogen-bond donors (Lipinski definition) is 0. The van der Waals surface area contributed by atoms with Gasteiger partial charge in [0.05, 0.1) is 19.3 Å². The summed E-state index contributed by atoms with van der Waals surface area (Å²) in [5.41, 5.74) is 0. The third kappa shape index (κ3) is 2.71. The average Bonchev–Trinajstić information content (AvgIpc) is 2.39. The van der Waals surface area contributed by atoms with Gasteiger partial charge in [0.2, 0.25) is 0 Å². The summed E-state index contributed by atoms with van der Waals surface area (Å²) in [5, 5.41) is 0. The predicted molar refractivity (Wildman–Crippen MR) is 62.7 cm³/mol. The highest BCUT2D eigenvalue weighted by molar-refractivity contribution is 5.81. The molecule has 0 N–H and O–H groups in total. The van der Waals surface area contributed by atoms with E-state index >= 15 is 0 Å². The molecule has 0 radical (unpaired) electrons. The molecule has 1 aromatic rings. The van der Waals surface area contributed by atoms with E-state index in [1.54, 1.807) is 37.6 Å². The average molecular weight is 236 g/mol. The Balaban J connectivity index is 2.05. The van der Waals surface area contributed by atoms with E-state index in [1.165, 1.54) is 0 Å². The highest BCUT2D eigenvalue weighted by Crippen LogP contribution is 2.14. The second-order valence-corrected chi connectivity index (χ2v) is 4.10. The largest absolute Gasteiger partial charge is 0.365 e. The van der Waals surface area contributed by atoms with Crippen LogP contribution < -0.4 is 4.90 Å². The molecule has 1 aromatic heterocycles. The molecule has 6 heteroatoms. The Hall–Kier alpha value is -1.69. The first kappa shape index (κ1) is 11.8. The monoisotopic (exact) mass is 236 g/mol. The molecule has 0 aromatic carbocycles. The number of carbonyl (C=O) groups is 1. The maximum Gasteiger partial charge on any atom is 0.253 e. The van der Waals surface area contributed by atoms with Crippen molar-refractivity contribution in [1.82, 2.24) is 14.9 Å². The van der Waals surface area contributed by atoms with Crippen molar-refractivity contribution >= 4 is 11.7 Å². The molecule has 0 bridgehead atoms. The van der Waals surface area contributed by atoms with Crippen molar-refractivity contribution in [2.24, 2.45) is 0 Å². The van der Waals surface area contributed by atoms with Crippen LogP contribution in [-0.4, -0.2) is 60.7 Å². The fourth-order valence-corrected chi connectivity index (χ4v) is 1.75. The maximum absolute atomic E-state index is 11.8. The smallest absolute Gasteiger partial charge is 0.253 e. The summed E-state index contributed by atoms with van der Waals surface area (Å²) in [6.45, 7) is 1.78. The van der Waals surface area contributed by atoms with Gasteiger partial charge in [-0.2, -0.15) is 0 Å². The van der Waals surface area contributed by atoms with Gasteiger partial charge in [-0.3, -0.25) is 9.78 Å². The van der Waals surface area contributed by atoms with E-state index in [4.69, 9.17) is 4.74 Å². The molecule has 0 spiro atoms. The van der Waals surface area contributed by atoms with Crippen LogP contribution in [0, 0.1) is 0 Å². The number of rotatable bonds is 2. The van der Waals surface area contributed by atoms with Gasteiger partial charge in [-0.1, -0.05) is 0 Å². The molecule has 6 nitrogen and oxygen atoms in total. The Morgan fingerprint density at radius 2 is 2.35 bits per heavy atom. The third-order valence-corrected chi connectivity index (χ3v) is 2.66. The normalized spacial score (nSPS) is 20.1. The SMILES string of the molecule is CN(C)C(=O)C1CN(c2cnccn2)CCO1. The van der Waals surface area contributed by atoms with Gasteiger partial charge >= 0.3 is 0 Å². The van der Waals surface area contributed by atoms with Crippen molar-refractivity contribution in [3.8, 4) is 0 Å². The van der Waals surface area contributed by atoms with Gasteiger partial charge in [-0.25, -0.2) is 4.98 Å². The van der Waals surface area contributed by atoms with Gasteiger partial charge in [-0.15, -0.1) is 0 Å². The maximum atomic E-state index is 11.8. The van der Waals surface area contributed by atoms with Gasteiger partial charge in [0.25, 0.3) is 5.91 Å². The van der Waals surface area contributed by atoms with E-state index in [0.717, 1.165) is 12.4 Å². The third-order valence-electron chi connectivity index (χ3n) is 2.66. The summed E-state index contributed by atoms with van der Waals surface area (Å²) in [6, 6.07) is 0. The molecule has 0 saturated carbocycles. The number of carbonyl (C=O) groups excluding carboxylic acids is 1. The van der Waals surface area contributed by atoms with Crippen LogP contribution in [0.3, 0.4) is 0 Å². The number of morpholine rings is 1. The second kappa shape index (κ2) is 5.09. The molecule has 1 amide bonds. The lowest BCUT2D eigenvalue weighted by Crippen LogP contribution is -2.49. The van der Waals surface area contributed by atoms with Crippen LogP contribution in [0.2, 0.25) is 0 Å². The van der Waals surface area contributed by atoms with Crippen LogP contribution in [0.4, 0.5) is 5.82 Å². The summed E-state index contributed by atoms with van der Waals surface area (Å²) in [4.78, 5) is 23.6. The predicted octanol–water partition coefficient (Wildman–Crippen LogP) is -0.230. The number of aromatic nitrogens is 2. The van der Waals surface area contributed by atoms with Gasteiger partial charge in [0.1, 0.15) is 5.82 Å². The fourth-order valence-electron chi connectivity index (χ4n) is 1.75. The van der Waals surface area contributed by atoms with Crippen LogP contribution in [0.5, 0.6) is 0 Å². The molecule has 1 fully saturated rings.